The molecule has 32 heavy (non-hydrogen) atoms. The second-order valence-corrected chi connectivity index (χ2v) is 8.50. The quantitative estimate of drug-likeness (QED) is 0.488. The van der Waals surface area contributed by atoms with Crippen LogP contribution in [0.3, 0.4) is 0 Å². The highest BCUT2D eigenvalue weighted by Crippen LogP contribution is 2.49. The molecule has 0 heterocycles. The van der Waals surface area contributed by atoms with Crippen molar-refractivity contribution in [2.75, 3.05) is 0 Å². The van der Waals surface area contributed by atoms with Gasteiger partial charge in [0.1, 0.15) is 11.4 Å². The number of fused-ring (bicyclic) bond motifs is 1. The van der Waals surface area contributed by atoms with Crippen LogP contribution in [-0.2, 0) is 0 Å². The number of alkyl halides is 3. The predicted molar refractivity (Wildman–Crippen MR) is 113 cm³/mol. The lowest BCUT2D eigenvalue weighted by Crippen LogP contribution is -2.60. The average Bonchev–Trinajstić information content (AvgIpc) is 2.73. The largest absolute Gasteiger partial charge is 0.355 e. The van der Waals surface area contributed by atoms with Crippen LogP contribution < -0.4 is 0 Å². The van der Waals surface area contributed by atoms with Crippen LogP contribution in [0.5, 0.6) is 0 Å². The molecule has 4 rings (SSSR count). The van der Waals surface area contributed by atoms with Crippen molar-refractivity contribution >= 4 is 69.4 Å². The Morgan fingerprint density at radius 1 is 0.875 bits per heavy atom. The summed E-state index contributed by atoms with van der Waals surface area (Å²) < 4.78 is 46.0. The van der Waals surface area contributed by atoms with Crippen LogP contribution in [0.1, 0.15) is 20.7 Å². The lowest BCUT2D eigenvalue weighted by molar-refractivity contribution is -0.108. The second kappa shape index (κ2) is 7.55. The molecule has 2 aromatic carbocycles. The number of ketones is 2. The normalized spacial score (nSPS) is 28.8. The van der Waals surface area contributed by atoms with E-state index in [1.807, 2.05) is 0 Å². The van der Waals surface area contributed by atoms with Gasteiger partial charge in [-0.25, -0.2) is 13.8 Å². The molecule has 12 heteroatoms. The number of nitrogens with zero attached hydrogens (tertiary/aromatic N) is 1. The van der Waals surface area contributed by atoms with Crippen LogP contribution >= 0.6 is 46.4 Å². The SMILES string of the molecule is O=C1C2=C(C(=O)c3ccccc31)C(O)(F)C(F)C(=Nc1c(Cl)c(Cl)cc(Cl)c1Cl)C2(O)F. The summed E-state index contributed by atoms with van der Waals surface area (Å²) in [6.45, 7) is 0. The van der Waals surface area contributed by atoms with E-state index in [1.165, 1.54) is 12.1 Å². The van der Waals surface area contributed by atoms with Gasteiger partial charge in [-0.05, 0) is 6.07 Å². The van der Waals surface area contributed by atoms with Gasteiger partial charge in [-0.1, -0.05) is 70.7 Å². The van der Waals surface area contributed by atoms with Gasteiger partial charge >= 0.3 is 0 Å². The first-order chi connectivity index (χ1) is 14.8. The van der Waals surface area contributed by atoms with E-state index in [0.29, 0.717) is 0 Å². The Morgan fingerprint density at radius 3 is 1.84 bits per heavy atom. The van der Waals surface area contributed by atoms with E-state index in [-0.39, 0.29) is 15.6 Å². The van der Waals surface area contributed by atoms with Gasteiger partial charge in [0.2, 0.25) is 6.17 Å². The number of carbonyl (C=O) groups excluding carboxylic acids is 2. The van der Waals surface area contributed by atoms with Gasteiger partial charge in [0.25, 0.3) is 11.7 Å². The first kappa shape index (κ1) is 23.2. The maximum atomic E-state index is 15.7. The maximum Gasteiger partial charge on any atom is 0.280 e. The zero-order valence-electron chi connectivity index (χ0n) is 15.3. The topological polar surface area (TPSA) is 87.0 Å². The van der Waals surface area contributed by atoms with Crippen molar-refractivity contribution in [2.24, 2.45) is 4.99 Å². The molecular formula is C20H8Cl4F3NO4. The molecule has 0 spiro atoms. The smallest absolute Gasteiger partial charge is 0.280 e. The van der Waals surface area contributed by atoms with Crippen molar-refractivity contribution in [1.29, 1.82) is 0 Å². The van der Waals surface area contributed by atoms with E-state index in [2.05, 4.69) is 4.99 Å². The zero-order valence-corrected chi connectivity index (χ0v) is 18.3. The molecule has 166 valence electrons. The number of hydrogen-bond donors (Lipinski definition) is 2. The van der Waals surface area contributed by atoms with E-state index in [9.17, 15) is 19.8 Å². The molecule has 3 atom stereocenters. The summed E-state index contributed by atoms with van der Waals surface area (Å²) in [4.78, 5) is 29.1. The molecule has 2 aliphatic carbocycles. The van der Waals surface area contributed by atoms with Gasteiger partial charge in [0.15, 0.2) is 11.6 Å². The van der Waals surface area contributed by atoms with Crippen molar-refractivity contribution in [3.63, 3.8) is 0 Å². The third-order valence-corrected chi connectivity index (χ3v) is 6.59. The Hall–Kier alpha value is -1.94. The summed E-state index contributed by atoms with van der Waals surface area (Å²) in [6, 6.07) is 5.98. The fraction of sp³-hybridized carbons (Fsp3) is 0.150. The molecule has 0 aliphatic heterocycles. The van der Waals surface area contributed by atoms with Gasteiger partial charge in [-0.15, -0.1) is 0 Å². The number of benzene rings is 2. The fourth-order valence-corrected chi connectivity index (χ4v) is 4.42. The maximum absolute atomic E-state index is 15.7. The Kier molecular flexibility index (Phi) is 5.48. The van der Waals surface area contributed by atoms with E-state index >= 15 is 13.2 Å². The molecule has 0 saturated heterocycles. The molecule has 0 fully saturated rings. The molecule has 2 aromatic rings. The minimum Gasteiger partial charge on any atom is -0.355 e. The monoisotopic (exact) mass is 523 g/mol. The minimum atomic E-state index is -4.23. The zero-order chi connectivity index (χ0) is 23.7. The number of aliphatic hydroxyl groups is 2. The lowest BCUT2D eigenvalue weighted by Gasteiger charge is -2.40. The number of hydrogen-bond acceptors (Lipinski definition) is 5. The highest BCUT2D eigenvalue weighted by molar-refractivity contribution is 6.50. The number of aliphatic imine (C=N–C) groups is 1. The van der Waals surface area contributed by atoms with Crippen LogP contribution in [0.4, 0.5) is 18.9 Å². The van der Waals surface area contributed by atoms with Crippen LogP contribution in [0, 0.1) is 0 Å². The van der Waals surface area contributed by atoms with Crippen molar-refractivity contribution in [3.8, 4) is 0 Å². The van der Waals surface area contributed by atoms with Gasteiger partial charge < -0.3 is 10.2 Å². The Bertz CT molecular complexity index is 1260. The third-order valence-electron chi connectivity index (χ3n) is 5.04. The third kappa shape index (κ3) is 3.13. The van der Waals surface area contributed by atoms with Gasteiger partial charge in [-0.3, -0.25) is 9.59 Å². The van der Waals surface area contributed by atoms with E-state index < -0.39 is 67.6 Å². The Labute approximate surface area is 197 Å². The van der Waals surface area contributed by atoms with Gasteiger partial charge in [0.05, 0.1) is 31.2 Å². The first-order valence-electron chi connectivity index (χ1n) is 8.64. The van der Waals surface area contributed by atoms with Gasteiger partial charge in [-0.2, -0.15) is 4.39 Å². The van der Waals surface area contributed by atoms with Crippen molar-refractivity contribution in [2.45, 2.75) is 17.9 Å². The predicted octanol–water partition coefficient (Wildman–Crippen LogP) is 5.42. The van der Waals surface area contributed by atoms with Crippen LogP contribution in [-0.4, -0.2) is 45.4 Å². The number of carbonyl (C=O) groups is 2. The second-order valence-electron chi connectivity index (χ2n) is 6.93. The Balaban J connectivity index is 2.04. The van der Waals surface area contributed by atoms with Gasteiger partial charge in [0, 0.05) is 11.1 Å². The molecule has 2 aliphatic rings. The van der Waals surface area contributed by atoms with E-state index in [4.69, 9.17) is 46.4 Å². The summed E-state index contributed by atoms with van der Waals surface area (Å²) in [5.41, 5.74) is -6.25. The molecule has 0 aromatic heterocycles. The number of Topliss-reactive ketones (excluding diaryl/α,β-unsaturated/α-hetero) is 2. The summed E-state index contributed by atoms with van der Waals surface area (Å²) in [7, 11) is 0. The minimum absolute atomic E-state index is 0.248. The summed E-state index contributed by atoms with van der Waals surface area (Å²) >= 11 is 23.6. The lowest BCUT2D eigenvalue weighted by atomic mass is 9.71. The van der Waals surface area contributed by atoms with Crippen molar-refractivity contribution in [1.82, 2.24) is 0 Å². The number of halogens is 7. The molecule has 0 radical (unpaired) electrons. The molecule has 2 N–H and O–H groups in total. The summed E-state index contributed by atoms with van der Waals surface area (Å²) in [6.07, 6.45) is -3.44. The molecule has 0 saturated carbocycles. The molecule has 0 amide bonds. The first-order valence-corrected chi connectivity index (χ1v) is 10.1. The number of rotatable bonds is 1. The van der Waals surface area contributed by atoms with Crippen LogP contribution in [0.15, 0.2) is 46.5 Å². The summed E-state index contributed by atoms with van der Waals surface area (Å²) in [5, 5.41) is 19.3. The Morgan fingerprint density at radius 2 is 1.34 bits per heavy atom. The van der Waals surface area contributed by atoms with Crippen LogP contribution in [0.2, 0.25) is 20.1 Å². The standard InChI is InChI=1S/C20H8Cl4F3NO4/c21-8-5-9(22)13(24)14(12(8)23)28-18-17(25)19(26,31)10-11(20(18,27)32)16(30)7-4-2-1-3-6(7)15(10)29/h1-5,17,31-32H. The van der Waals surface area contributed by atoms with E-state index in [0.717, 1.165) is 18.2 Å². The fourth-order valence-electron chi connectivity index (χ4n) is 3.54. The highest BCUT2D eigenvalue weighted by Gasteiger charge is 2.65. The summed E-state index contributed by atoms with van der Waals surface area (Å²) in [5.74, 6) is -11.1. The van der Waals surface area contributed by atoms with Crippen molar-refractivity contribution < 1.29 is 33.0 Å². The molecular weight excluding hydrogens is 517 g/mol. The highest BCUT2D eigenvalue weighted by atomic mass is 35.5. The molecule has 0 bridgehead atoms. The molecule has 3 unspecified atom stereocenters. The average molecular weight is 525 g/mol. The van der Waals surface area contributed by atoms with Crippen LogP contribution in [0.25, 0.3) is 0 Å². The van der Waals surface area contributed by atoms with Crippen molar-refractivity contribution in [3.05, 3.63) is 72.7 Å². The van der Waals surface area contributed by atoms with E-state index in [1.54, 1.807) is 0 Å². The molecule has 5 nitrogen and oxygen atoms in total.